The summed E-state index contributed by atoms with van der Waals surface area (Å²) in [6.45, 7) is 0.418. The summed E-state index contributed by atoms with van der Waals surface area (Å²) in [5.74, 6) is 0.988. The van der Waals surface area contributed by atoms with Crippen LogP contribution in [0.2, 0.25) is 0 Å². The predicted octanol–water partition coefficient (Wildman–Crippen LogP) is 4.34. The van der Waals surface area contributed by atoms with E-state index in [-0.39, 0.29) is 11.8 Å². The van der Waals surface area contributed by atoms with Gasteiger partial charge in [-0.15, -0.1) is 0 Å². The lowest BCUT2D eigenvalue weighted by Gasteiger charge is -2.26. The minimum absolute atomic E-state index is 0.105. The van der Waals surface area contributed by atoms with Gasteiger partial charge in [-0.2, -0.15) is 0 Å². The normalized spacial score (nSPS) is 18.8. The number of fused-ring (bicyclic) bond motifs is 1. The minimum atomic E-state index is -0.947. The summed E-state index contributed by atoms with van der Waals surface area (Å²) >= 11 is 0. The van der Waals surface area contributed by atoms with Crippen LogP contribution in [-0.4, -0.2) is 42.8 Å². The van der Waals surface area contributed by atoms with Crippen molar-refractivity contribution in [3.05, 3.63) is 65.7 Å². The van der Waals surface area contributed by atoms with Crippen molar-refractivity contribution >= 4 is 23.3 Å². The zero-order chi connectivity index (χ0) is 23.2. The van der Waals surface area contributed by atoms with E-state index in [0.29, 0.717) is 24.7 Å². The summed E-state index contributed by atoms with van der Waals surface area (Å²) in [4.78, 5) is 35.0. The van der Waals surface area contributed by atoms with Gasteiger partial charge in [-0.1, -0.05) is 74.6 Å². The van der Waals surface area contributed by atoms with Gasteiger partial charge in [0.2, 0.25) is 12.1 Å². The molecule has 1 atom stereocenters. The lowest BCUT2D eigenvalue weighted by atomic mass is 9.86. The molecule has 1 heterocycles. The van der Waals surface area contributed by atoms with E-state index in [2.05, 4.69) is 5.32 Å². The molecule has 6 heteroatoms. The Hall–Kier alpha value is -3.15. The van der Waals surface area contributed by atoms with Crippen LogP contribution in [0.15, 0.2) is 59.6 Å². The van der Waals surface area contributed by atoms with Gasteiger partial charge in [0, 0.05) is 26.1 Å². The number of nitrogens with zero attached hydrogens (tertiary/aromatic N) is 3. The highest BCUT2D eigenvalue weighted by Gasteiger charge is 2.33. The second-order valence-corrected chi connectivity index (χ2v) is 9.29. The van der Waals surface area contributed by atoms with Crippen LogP contribution in [0.1, 0.15) is 56.1 Å². The molecule has 1 aliphatic heterocycles. The van der Waals surface area contributed by atoms with E-state index in [4.69, 9.17) is 4.99 Å². The smallest absolute Gasteiger partial charge is 0.272 e. The number of carbonyl (C=O) groups excluding carboxylic acids is 2. The molecule has 1 aliphatic carbocycles. The van der Waals surface area contributed by atoms with Crippen molar-refractivity contribution in [3.63, 3.8) is 0 Å². The third-order valence-electron chi connectivity index (χ3n) is 6.60. The fourth-order valence-electron chi connectivity index (χ4n) is 4.83. The molecule has 2 amide bonds. The van der Waals surface area contributed by atoms with Gasteiger partial charge in [0.1, 0.15) is 5.84 Å². The van der Waals surface area contributed by atoms with Gasteiger partial charge in [0.05, 0.1) is 12.2 Å². The molecular weight excluding hydrogens is 412 g/mol. The largest absolute Gasteiger partial charge is 0.362 e. The number of amidine groups is 1. The molecule has 0 bridgehead atoms. The molecule has 0 radical (unpaired) electrons. The number of rotatable bonds is 6. The third kappa shape index (κ3) is 5.62. The van der Waals surface area contributed by atoms with Crippen LogP contribution in [0.5, 0.6) is 0 Å². The first-order valence-corrected chi connectivity index (χ1v) is 12.0. The number of anilines is 1. The van der Waals surface area contributed by atoms with Gasteiger partial charge in [-0.25, -0.2) is 4.99 Å². The van der Waals surface area contributed by atoms with Crippen LogP contribution in [0.4, 0.5) is 5.69 Å². The Labute approximate surface area is 196 Å². The molecule has 1 unspecified atom stereocenters. The molecule has 33 heavy (non-hydrogen) atoms. The van der Waals surface area contributed by atoms with E-state index in [9.17, 15) is 9.59 Å². The number of para-hydroxylation sites is 1. The Morgan fingerprint density at radius 2 is 1.73 bits per heavy atom. The van der Waals surface area contributed by atoms with Crippen molar-refractivity contribution in [1.82, 2.24) is 10.2 Å². The molecule has 1 saturated carbocycles. The van der Waals surface area contributed by atoms with Crippen molar-refractivity contribution in [2.45, 2.75) is 57.7 Å². The lowest BCUT2D eigenvalue weighted by molar-refractivity contribution is -0.127. The number of carbonyl (C=O) groups is 2. The van der Waals surface area contributed by atoms with Crippen LogP contribution in [-0.2, 0) is 16.1 Å². The molecule has 0 aromatic heterocycles. The van der Waals surface area contributed by atoms with Crippen LogP contribution in [0.3, 0.4) is 0 Å². The highest BCUT2D eigenvalue weighted by Crippen LogP contribution is 2.29. The SMILES string of the molecule is CN(C)C1=NC(NC(=O)CCC2CCCCC2)C(=O)N(Cc2ccccc2)c2ccccc21. The van der Waals surface area contributed by atoms with E-state index in [1.165, 1.54) is 32.1 Å². The lowest BCUT2D eigenvalue weighted by Crippen LogP contribution is -2.47. The zero-order valence-corrected chi connectivity index (χ0v) is 19.7. The first-order chi connectivity index (χ1) is 16.0. The molecule has 6 nitrogen and oxygen atoms in total. The van der Waals surface area contributed by atoms with Crippen molar-refractivity contribution in [2.75, 3.05) is 19.0 Å². The highest BCUT2D eigenvalue weighted by atomic mass is 16.2. The number of benzodiazepines with no additional fused rings is 1. The van der Waals surface area contributed by atoms with E-state index >= 15 is 0 Å². The molecular formula is C27H34N4O2. The first-order valence-electron chi connectivity index (χ1n) is 12.0. The second kappa shape index (κ2) is 10.6. The van der Waals surface area contributed by atoms with E-state index in [1.54, 1.807) is 4.90 Å². The minimum Gasteiger partial charge on any atom is -0.362 e. The molecule has 2 aliphatic rings. The molecule has 0 spiro atoms. The van der Waals surface area contributed by atoms with Crippen molar-refractivity contribution in [2.24, 2.45) is 10.9 Å². The Balaban J connectivity index is 1.58. The van der Waals surface area contributed by atoms with Gasteiger partial charge in [0.15, 0.2) is 0 Å². The standard InChI is InChI=1S/C27H34N4O2/c1-30(2)26-22-15-9-10-16-23(22)31(19-21-13-7-4-8-14-21)27(33)25(29-26)28-24(32)18-17-20-11-5-3-6-12-20/h4,7-10,13-16,20,25H,3,5-6,11-12,17-19H2,1-2H3,(H,28,32). The number of hydrogen-bond acceptors (Lipinski definition) is 4. The Morgan fingerprint density at radius 1 is 1.03 bits per heavy atom. The molecule has 174 valence electrons. The van der Waals surface area contributed by atoms with Gasteiger partial charge in [-0.05, 0) is 30.0 Å². The average Bonchev–Trinajstić information content (AvgIpc) is 2.95. The maximum atomic E-state index is 13.7. The zero-order valence-electron chi connectivity index (χ0n) is 19.7. The number of benzene rings is 2. The molecule has 0 saturated heterocycles. The van der Waals surface area contributed by atoms with E-state index in [0.717, 1.165) is 23.2 Å². The fourth-order valence-corrected chi connectivity index (χ4v) is 4.83. The monoisotopic (exact) mass is 446 g/mol. The van der Waals surface area contributed by atoms with Crippen LogP contribution in [0, 0.1) is 5.92 Å². The molecule has 2 aromatic carbocycles. The van der Waals surface area contributed by atoms with Crippen molar-refractivity contribution < 1.29 is 9.59 Å². The van der Waals surface area contributed by atoms with Crippen molar-refractivity contribution in [3.8, 4) is 0 Å². The van der Waals surface area contributed by atoms with Gasteiger partial charge >= 0.3 is 0 Å². The molecule has 1 N–H and O–H groups in total. The number of amides is 2. The maximum absolute atomic E-state index is 13.7. The fraction of sp³-hybridized carbons (Fsp3) is 0.444. The van der Waals surface area contributed by atoms with Crippen LogP contribution in [0.25, 0.3) is 0 Å². The van der Waals surface area contributed by atoms with Crippen molar-refractivity contribution in [1.29, 1.82) is 0 Å². The molecule has 4 rings (SSSR count). The maximum Gasteiger partial charge on any atom is 0.272 e. The number of hydrogen-bond donors (Lipinski definition) is 1. The summed E-state index contributed by atoms with van der Waals surface area (Å²) < 4.78 is 0. The van der Waals surface area contributed by atoms with Gasteiger partial charge in [0.25, 0.3) is 5.91 Å². The molecule has 2 aromatic rings. The average molecular weight is 447 g/mol. The third-order valence-corrected chi connectivity index (χ3v) is 6.60. The van der Waals surface area contributed by atoms with E-state index < -0.39 is 6.17 Å². The van der Waals surface area contributed by atoms with Gasteiger partial charge < -0.3 is 15.1 Å². The molecule has 1 fully saturated rings. The Kier molecular flexibility index (Phi) is 7.43. The van der Waals surface area contributed by atoms with Gasteiger partial charge in [-0.3, -0.25) is 9.59 Å². The number of nitrogens with one attached hydrogen (secondary N) is 1. The van der Waals surface area contributed by atoms with E-state index in [1.807, 2.05) is 73.6 Å². The quantitative estimate of drug-likeness (QED) is 0.718. The number of aliphatic imine (C=N–C) groups is 1. The summed E-state index contributed by atoms with van der Waals surface area (Å²) in [7, 11) is 3.82. The van der Waals surface area contributed by atoms with Crippen LogP contribution >= 0.6 is 0 Å². The van der Waals surface area contributed by atoms with Crippen LogP contribution < -0.4 is 10.2 Å². The Bertz CT molecular complexity index is 996. The summed E-state index contributed by atoms with van der Waals surface area (Å²) in [5.41, 5.74) is 2.71. The topological polar surface area (TPSA) is 65.0 Å². The summed E-state index contributed by atoms with van der Waals surface area (Å²) in [6.07, 6.45) is 6.61. The first kappa shape index (κ1) is 23.0. The second-order valence-electron chi connectivity index (χ2n) is 9.29. The summed E-state index contributed by atoms with van der Waals surface area (Å²) in [6, 6.07) is 17.7. The Morgan fingerprint density at radius 3 is 2.45 bits per heavy atom. The highest BCUT2D eigenvalue weighted by molar-refractivity contribution is 6.12. The summed E-state index contributed by atoms with van der Waals surface area (Å²) in [5, 5.41) is 2.94. The predicted molar refractivity (Wildman–Crippen MR) is 132 cm³/mol.